The van der Waals surface area contributed by atoms with Gasteiger partial charge in [-0.1, -0.05) is 35.1 Å². The highest BCUT2D eigenvalue weighted by Crippen LogP contribution is 2.17. The van der Waals surface area contributed by atoms with E-state index in [0.717, 1.165) is 16.7 Å². The fourth-order valence-electron chi connectivity index (χ4n) is 0.666. The van der Waals surface area contributed by atoms with Crippen molar-refractivity contribution in [3.63, 3.8) is 0 Å². The van der Waals surface area contributed by atoms with E-state index in [1.807, 2.05) is 30.3 Å². The van der Waals surface area contributed by atoms with Crippen LogP contribution in [0.1, 0.15) is 0 Å². The third-order valence-electron chi connectivity index (χ3n) is 1.14. The Labute approximate surface area is 74.3 Å². The lowest BCUT2D eigenvalue weighted by Gasteiger charge is -1.94. The molecule has 0 saturated heterocycles. The lowest BCUT2D eigenvalue weighted by atomic mass is 10.4. The minimum absolute atomic E-state index is 0.0428. The Morgan fingerprint density at radius 2 is 2.08 bits per heavy atom. The molecule has 0 bridgehead atoms. The zero-order valence-corrected chi connectivity index (χ0v) is 6.95. The van der Waals surface area contributed by atoms with E-state index < -0.39 is 0 Å². The quantitative estimate of drug-likeness (QED) is 0.235. The lowest BCUT2D eigenvalue weighted by molar-refractivity contribution is 0.321. The summed E-state index contributed by atoms with van der Waals surface area (Å²) in [5, 5.41) is 19.6. The van der Waals surface area contributed by atoms with Gasteiger partial charge in [-0.05, 0) is 12.1 Å². The predicted molar refractivity (Wildman–Crippen MR) is 47.1 cm³/mol. The van der Waals surface area contributed by atoms with Crippen molar-refractivity contribution in [3.05, 3.63) is 30.3 Å². The molecule has 0 radical (unpaired) electrons. The number of hydrogen-bond donors (Lipinski definition) is 1. The van der Waals surface area contributed by atoms with Crippen LogP contribution in [0.15, 0.2) is 40.4 Å². The van der Waals surface area contributed by atoms with Crippen molar-refractivity contribution in [2.75, 3.05) is 0 Å². The largest absolute Gasteiger partial charge is 0.409 e. The van der Waals surface area contributed by atoms with Gasteiger partial charge in [0.1, 0.15) is 6.07 Å². The van der Waals surface area contributed by atoms with Crippen LogP contribution in [-0.2, 0) is 0 Å². The van der Waals surface area contributed by atoms with Crippen LogP contribution in [0.5, 0.6) is 0 Å². The maximum atomic E-state index is 8.43. The van der Waals surface area contributed by atoms with Gasteiger partial charge in [0.25, 0.3) is 0 Å². The molecule has 0 saturated carbocycles. The van der Waals surface area contributed by atoms with Crippen LogP contribution in [0.2, 0.25) is 0 Å². The molecule has 0 aliphatic rings. The van der Waals surface area contributed by atoms with E-state index in [9.17, 15) is 0 Å². The summed E-state index contributed by atoms with van der Waals surface area (Å²) in [6, 6.07) is 11.0. The molecule has 0 amide bonds. The average Bonchev–Trinajstić information content (AvgIpc) is 2.16. The monoisotopic (exact) mass is 178 g/mol. The van der Waals surface area contributed by atoms with Crippen molar-refractivity contribution in [1.82, 2.24) is 0 Å². The van der Waals surface area contributed by atoms with Gasteiger partial charge in [-0.3, -0.25) is 0 Å². The highest BCUT2D eigenvalue weighted by molar-refractivity contribution is 8.14. The normalized spacial score (nSPS) is 10.8. The third-order valence-corrected chi connectivity index (χ3v) is 2.02. The van der Waals surface area contributed by atoms with Gasteiger partial charge in [-0.25, -0.2) is 0 Å². The number of nitriles is 1. The van der Waals surface area contributed by atoms with Crippen molar-refractivity contribution in [1.29, 1.82) is 5.26 Å². The van der Waals surface area contributed by atoms with Gasteiger partial charge in [-0.2, -0.15) is 5.26 Å². The first-order chi connectivity index (χ1) is 5.86. The van der Waals surface area contributed by atoms with Crippen LogP contribution < -0.4 is 0 Å². The standard InChI is InChI=1S/C8H6N2OS/c9-6-8(10-11)12-7-4-2-1-3-5-7/h1-5,11H. The van der Waals surface area contributed by atoms with Crippen LogP contribution in [0.4, 0.5) is 0 Å². The summed E-state index contributed by atoms with van der Waals surface area (Å²) < 4.78 is 0. The topological polar surface area (TPSA) is 56.4 Å². The smallest absolute Gasteiger partial charge is 0.217 e. The van der Waals surface area contributed by atoms with Crippen molar-refractivity contribution < 1.29 is 5.21 Å². The summed E-state index contributed by atoms with van der Waals surface area (Å²) >= 11 is 1.13. The van der Waals surface area contributed by atoms with E-state index in [1.54, 1.807) is 6.07 Å². The zero-order chi connectivity index (χ0) is 8.81. The fourth-order valence-corrected chi connectivity index (χ4v) is 1.27. The molecule has 0 heterocycles. The number of oxime groups is 1. The molecule has 3 nitrogen and oxygen atoms in total. The number of nitrogens with zero attached hydrogens (tertiary/aromatic N) is 2. The zero-order valence-electron chi connectivity index (χ0n) is 6.14. The molecule has 0 atom stereocenters. The van der Waals surface area contributed by atoms with E-state index in [0.29, 0.717) is 0 Å². The van der Waals surface area contributed by atoms with Crippen molar-refractivity contribution in [2.45, 2.75) is 4.90 Å². The predicted octanol–water partition coefficient (Wildman–Crippen LogP) is 2.09. The van der Waals surface area contributed by atoms with E-state index in [2.05, 4.69) is 5.16 Å². The van der Waals surface area contributed by atoms with E-state index in [4.69, 9.17) is 10.5 Å². The Morgan fingerprint density at radius 1 is 1.42 bits per heavy atom. The Morgan fingerprint density at radius 3 is 2.58 bits per heavy atom. The average molecular weight is 178 g/mol. The van der Waals surface area contributed by atoms with Crippen molar-refractivity contribution >= 4 is 16.8 Å². The summed E-state index contributed by atoms with van der Waals surface area (Å²) in [6.07, 6.45) is 0. The number of benzene rings is 1. The number of thioether (sulfide) groups is 1. The second-order valence-corrected chi connectivity index (χ2v) is 2.99. The SMILES string of the molecule is N#CC(=NO)Sc1ccccc1. The molecule has 0 spiro atoms. The van der Waals surface area contributed by atoms with Crippen molar-refractivity contribution in [2.24, 2.45) is 5.16 Å². The van der Waals surface area contributed by atoms with Crippen LogP contribution in [-0.4, -0.2) is 10.3 Å². The molecule has 0 fully saturated rings. The third kappa shape index (κ3) is 2.29. The molecule has 1 N–H and O–H groups in total. The van der Waals surface area contributed by atoms with Crippen LogP contribution >= 0.6 is 11.8 Å². The van der Waals surface area contributed by atoms with Crippen LogP contribution in [0.25, 0.3) is 0 Å². The molecule has 4 heteroatoms. The van der Waals surface area contributed by atoms with Gasteiger partial charge in [-0.15, -0.1) is 0 Å². The molecule has 0 aromatic heterocycles. The number of rotatable bonds is 1. The Hall–Kier alpha value is -1.47. The van der Waals surface area contributed by atoms with Gasteiger partial charge in [0.2, 0.25) is 5.04 Å². The minimum atomic E-state index is 0.0428. The van der Waals surface area contributed by atoms with Gasteiger partial charge >= 0.3 is 0 Å². The molecule has 1 aromatic carbocycles. The summed E-state index contributed by atoms with van der Waals surface area (Å²) in [6.45, 7) is 0. The van der Waals surface area contributed by atoms with Gasteiger partial charge in [0, 0.05) is 4.90 Å². The van der Waals surface area contributed by atoms with Crippen LogP contribution in [0, 0.1) is 11.3 Å². The molecule has 1 aromatic rings. The highest BCUT2D eigenvalue weighted by atomic mass is 32.2. The van der Waals surface area contributed by atoms with E-state index in [1.165, 1.54) is 0 Å². The minimum Gasteiger partial charge on any atom is -0.409 e. The molecule has 1 rings (SSSR count). The maximum absolute atomic E-state index is 8.43. The summed E-state index contributed by atoms with van der Waals surface area (Å²) in [5.74, 6) is 0. The summed E-state index contributed by atoms with van der Waals surface area (Å²) in [4.78, 5) is 0.881. The fraction of sp³-hybridized carbons (Fsp3) is 0. The first-order valence-electron chi connectivity index (χ1n) is 3.22. The molecular weight excluding hydrogens is 172 g/mol. The highest BCUT2D eigenvalue weighted by Gasteiger charge is 1.99. The second-order valence-electron chi connectivity index (χ2n) is 1.93. The molecule has 0 unspecified atom stereocenters. The summed E-state index contributed by atoms with van der Waals surface area (Å²) in [7, 11) is 0. The summed E-state index contributed by atoms with van der Waals surface area (Å²) in [5.41, 5.74) is 0. The van der Waals surface area contributed by atoms with E-state index >= 15 is 0 Å². The molecule has 60 valence electrons. The molecule has 12 heavy (non-hydrogen) atoms. The van der Waals surface area contributed by atoms with Gasteiger partial charge < -0.3 is 5.21 Å². The van der Waals surface area contributed by atoms with Gasteiger partial charge in [0.05, 0.1) is 0 Å². The Bertz CT molecular complexity index is 316. The molecule has 0 aliphatic heterocycles. The first kappa shape index (κ1) is 8.62. The first-order valence-corrected chi connectivity index (χ1v) is 4.03. The number of hydrogen-bond acceptors (Lipinski definition) is 4. The lowest BCUT2D eigenvalue weighted by Crippen LogP contribution is -1.85. The second kappa shape index (κ2) is 4.42. The van der Waals surface area contributed by atoms with Crippen molar-refractivity contribution in [3.8, 4) is 6.07 Å². The maximum Gasteiger partial charge on any atom is 0.217 e. The van der Waals surface area contributed by atoms with Crippen LogP contribution in [0.3, 0.4) is 0 Å². The van der Waals surface area contributed by atoms with E-state index in [-0.39, 0.29) is 5.04 Å². The molecule has 0 aliphatic carbocycles. The Kier molecular flexibility index (Phi) is 3.17. The van der Waals surface area contributed by atoms with Gasteiger partial charge in [0.15, 0.2) is 0 Å². The Balaban J connectivity index is 2.72. The molecular formula is C8H6N2OS.